The normalized spacial score (nSPS) is 19.5. The van der Waals surface area contributed by atoms with Gasteiger partial charge in [-0.1, -0.05) is 24.3 Å². The third kappa shape index (κ3) is 2.55. The molecule has 0 amide bonds. The van der Waals surface area contributed by atoms with Crippen molar-refractivity contribution in [3.63, 3.8) is 0 Å². The molecule has 1 aliphatic rings. The van der Waals surface area contributed by atoms with E-state index in [-0.39, 0.29) is 11.6 Å². The van der Waals surface area contributed by atoms with Gasteiger partial charge in [0.2, 0.25) is 0 Å². The Hall–Kier alpha value is -1.49. The maximum Gasteiger partial charge on any atom is 0.0916 e. The van der Waals surface area contributed by atoms with Crippen LogP contribution in [0.15, 0.2) is 36.5 Å². The largest absolute Gasteiger partial charge is 0.381 e. The first kappa shape index (κ1) is 14.4. The van der Waals surface area contributed by atoms with Crippen molar-refractivity contribution in [1.29, 1.82) is 0 Å². The van der Waals surface area contributed by atoms with E-state index >= 15 is 0 Å². The lowest BCUT2D eigenvalue weighted by molar-refractivity contribution is -0.110. The van der Waals surface area contributed by atoms with Crippen LogP contribution in [0.2, 0.25) is 0 Å². The number of hydrogen-bond donors (Lipinski definition) is 1. The first-order valence-corrected chi connectivity index (χ1v) is 7.44. The van der Waals surface area contributed by atoms with Gasteiger partial charge in [0.1, 0.15) is 0 Å². The minimum atomic E-state index is -0.237. The number of pyridine rings is 1. The fourth-order valence-corrected chi connectivity index (χ4v) is 3.39. The molecule has 1 atom stereocenters. The minimum absolute atomic E-state index is 0.102. The van der Waals surface area contributed by atoms with E-state index in [9.17, 15) is 0 Å². The SMILES string of the molecule is CNC(c1cccc2cccnc12)C1(OC)CCOCC1. The molecule has 2 aromatic rings. The molecule has 1 saturated heterocycles. The summed E-state index contributed by atoms with van der Waals surface area (Å²) in [4.78, 5) is 4.58. The maximum atomic E-state index is 5.96. The van der Waals surface area contributed by atoms with Crippen LogP contribution in [0, 0.1) is 0 Å². The zero-order valence-corrected chi connectivity index (χ0v) is 12.6. The van der Waals surface area contributed by atoms with Crippen LogP contribution in [-0.4, -0.2) is 38.0 Å². The Labute approximate surface area is 125 Å². The van der Waals surface area contributed by atoms with Crippen LogP contribution < -0.4 is 5.32 Å². The van der Waals surface area contributed by atoms with Crippen molar-refractivity contribution < 1.29 is 9.47 Å². The molecule has 1 aliphatic heterocycles. The second kappa shape index (κ2) is 6.10. The van der Waals surface area contributed by atoms with Crippen LogP contribution in [0.3, 0.4) is 0 Å². The molecular formula is C17H22N2O2. The molecule has 1 aromatic carbocycles. The Morgan fingerprint density at radius 1 is 1.24 bits per heavy atom. The Kier molecular flexibility index (Phi) is 4.19. The van der Waals surface area contributed by atoms with Crippen LogP contribution >= 0.6 is 0 Å². The van der Waals surface area contributed by atoms with E-state index in [1.165, 1.54) is 5.56 Å². The molecule has 0 aliphatic carbocycles. The Bertz CT molecular complexity index is 603. The summed E-state index contributed by atoms with van der Waals surface area (Å²) in [5.74, 6) is 0. The molecule has 21 heavy (non-hydrogen) atoms. The van der Waals surface area contributed by atoms with Gasteiger partial charge in [-0.3, -0.25) is 4.98 Å². The standard InChI is InChI=1S/C17H22N2O2/c1-18-16(17(20-2)8-11-21-12-9-17)14-7-3-5-13-6-4-10-19-15(13)14/h3-7,10,16,18H,8-9,11-12H2,1-2H3. The highest BCUT2D eigenvalue weighted by Gasteiger charge is 2.41. The number of benzene rings is 1. The van der Waals surface area contributed by atoms with Gasteiger partial charge in [0.25, 0.3) is 0 Å². The predicted molar refractivity (Wildman–Crippen MR) is 83.3 cm³/mol. The number of hydrogen-bond acceptors (Lipinski definition) is 4. The Balaban J connectivity index is 2.09. The summed E-state index contributed by atoms with van der Waals surface area (Å²) in [6.07, 6.45) is 3.62. The second-order valence-electron chi connectivity index (χ2n) is 5.53. The van der Waals surface area contributed by atoms with Crippen molar-refractivity contribution in [3.8, 4) is 0 Å². The molecule has 1 aromatic heterocycles. The molecule has 0 spiro atoms. The van der Waals surface area contributed by atoms with Gasteiger partial charge in [-0.15, -0.1) is 0 Å². The van der Waals surface area contributed by atoms with E-state index in [0.717, 1.165) is 37.0 Å². The maximum absolute atomic E-state index is 5.96. The van der Waals surface area contributed by atoms with Crippen LogP contribution in [-0.2, 0) is 9.47 Å². The summed E-state index contributed by atoms with van der Waals surface area (Å²) in [5.41, 5.74) is 2.00. The quantitative estimate of drug-likeness (QED) is 0.938. The van der Waals surface area contributed by atoms with Crippen LogP contribution in [0.4, 0.5) is 0 Å². The fourth-order valence-electron chi connectivity index (χ4n) is 3.39. The van der Waals surface area contributed by atoms with Gasteiger partial charge in [-0.25, -0.2) is 0 Å². The van der Waals surface area contributed by atoms with Crippen molar-refractivity contribution in [2.45, 2.75) is 24.5 Å². The van der Waals surface area contributed by atoms with Crippen LogP contribution in [0.25, 0.3) is 10.9 Å². The lowest BCUT2D eigenvalue weighted by Gasteiger charge is -2.42. The van der Waals surface area contributed by atoms with Gasteiger partial charge in [0, 0.05) is 44.7 Å². The van der Waals surface area contributed by atoms with Gasteiger partial charge < -0.3 is 14.8 Å². The van der Waals surface area contributed by atoms with Gasteiger partial charge >= 0.3 is 0 Å². The summed E-state index contributed by atoms with van der Waals surface area (Å²) >= 11 is 0. The van der Waals surface area contributed by atoms with E-state index in [0.29, 0.717) is 0 Å². The first-order valence-electron chi connectivity index (χ1n) is 7.44. The number of para-hydroxylation sites is 1. The number of fused-ring (bicyclic) bond motifs is 1. The van der Waals surface area contributed by atoms with Crippen molar-refractivity contribution in [3.05, 3.63) is 42.1 Å². The molecular weight excluding hydrogens is 264 g/mol. The average molecular weight is 286 g/mol. The number of nitrogens with one attached hydrogen (secondary N) is 1. The van der Waals surface area contributed by atoms with Crippen LogP contribution in [0.5, 0.6) is 0 Å². The van der Waals surface area contributed by atoms with Crippen molar-refractivity contribution in [2.24, 2.45) is 0 Å². The summed E-state index contributed by atoms with van der Waals surface area (Å²) in [5, 5.41) is 4.61. The topological polar surface area (TPSA) is 43.4 Å². The summed E-state index contributed by atoms with van der Waals surface area (Å²) in [6, 6.07) is 10.5. The predicted octanol–water partition coefficient (Wildman–Crippen LogP) is 2.69. The lowest BCUT2D eigenvalue weighted by Crippen LogP contribution is -2.48. The highest BCUT2D eigenvalue weighted by molar-refractivity contribution is 5.82. The van der Waals surface area contributed by atoms with E-state index in [1.807, 2.05) is 19.3 Å². The van der Waals surface area contributed by atoms with Crippen molar-refractivity contribution in [2.75, 3.05) is 27.4 Å². The Morgan fingerprint density at radius 3 is 2.71 bits per heavy atom. The molecule has 112 valence electrons. The number of likely N-dealkylation sites (N-methyl/N-ethyl adjacent to an activating group) is 1. The van der Waals surface area contributed by atoms with Gasteiger partial charge in [0.05, 0.1) is 17.2 Å². The van der Waals surface area contributed by atoms with E-state index in [2.05, 4.69) is 34.6 Å². The van der Waals surface area contributed by atoms with E-state index in [4.69, 9.17) is 9.47 Å². The van der Waals surface area contributed by atoms with Crippen molar-refractivity contribution >= 4 is 10.9 Å². The first-order chi connectivity index (χ1) is 10.3. The zero-order chi connectivity index (χ0) is 14.7. The molecule has 2 heterocycles. The number of nitrogens with zero attached hydrogens (tertiary/aromatic N) is 1. The summed E-state index contributed by atoms with van der Waals surface area (Å²) in [6.45, 7) is 1.48. The number of methoxy groups -OCH3 is 1. The molecule has 4 nitrogen and oxygen atoms in total. The van der Waals surface area contributed by atoms with Gasteiger partial charge in [0.15, 0.2) is 0 Å². The zero-order valence-electron chi connectivity index (χ0n) is 12.6. The smallest absolute Gasteiger partial charge is 0.0916 e. The van der Waals surface area contributed by atoms with E-state index in [1.54, 1.807) is 7.11 Å². The lowest BCUT2D eigenvalue weighted by atomic mass is 9.81. The molecule has 1 fully saturated rings. The average Bonchev–Trinajstić information content (AvgIpc) is 2.56. The number of ether oxygens (including phenoxy) is 2. The molecule has 0 saturated carbocycles. The molecule has 1 N–H and O–H groups in total. The number of rotatable bonds is 4. The number of aromatic nitrogens is 1. The molecule has 4 heteroatoms. The minimum Gasteiger partial charge on any atom is -0.381 e. The fraction of sp³-hybridized carbons (Fsp3) is 0.471. The van der Waals surface area contributed by atoms with Gasteiger partial charge in [-0.2, -0.15) is 0 Å². The molecule has 1 unspecified atom stereocenters. The third-order valence-electron chi connectivity index (χ3n) is 4.54. The van der Waals surface area contributed by atoms with Crippen LogP contribution in [0.1, 0.15) is 24.4 Å². The van der Waals surface area contributed by atoms with Crippen molar-refractivity contribution in [1.82, 2.24) is 10.3 Å². The monoisotopic (exact) mass is 286 g/mol. The molecule has 3 rings (SSSR count). The summed E-state index contributed by atoms with van der Waals surface area (Å²) < 4.78 is 11.5. The molecule has 0 radical (unpaired) electrons. The highest BCUT2D eigenvalue weighted by atomic mass is 16.5. The summed E-state index contributed by atoms with van der Waals surface area (Å²) in [7, 11) is 3.79. The van der Waals surface area contributed by atoms with E-state index < -0.39 is 0 Å². The Morgan fingerprint density at radius 2 is 2.00 bits per heavy atom. The highest BCUT2D eigenvalue weighted by Crippen LogP contribution is 2.39. The van der Waals surface area contributed by atoms with Gasteiger partial charge in [-0.05, 0) is 18.7 Å². The molecule has 0 bridgehead atoms. The second-order valence-corrected chi connectivity index (χ2v) is 5.53. The third-order valence-corrected chi connectivity index (χ3v) is 4.54.